The van der Waals surface area contributed by atoms with Crippen molar-refractivity contribution in [2.75, 3.05) is 11.9 Å². The average molecular weight is 400 g/mol. The monoisotopic (exact) mass is 400 g/mol. The number of nitrogens with one attached hydrogen (secondary N) is 2. The number of amides is 1. The van der Waals surface area contributed by atoms with Crippen LogP contribution in [0.3, 0.4) is 0 Å². The van der Waals surface area contributed by atoms with Crippen LogP contribution < -0.4 is 10.6 Å². The minimum Gasteiger partial charge on any atom is -0.364 e. The van der Waals surface area contributed by atoms with Crippen LogP contribution in [0.5, 0.6) is 0 Å². The van der Waals surface area contributed by atoms with Gasteiger partial charge in [0.1, 0.15) is 17.0 Å². The van der Waals surface area contributed by atoms with E-state index in [-0.39, 0.29) is 5.91 Å². The van der Waals surface area contributed by atoms with Crippen molar-refractivity contribution in [2.45, 2.75) is 20.0 Å². The molecule has 9 nitrogen and oxygen atoms in total. The minimum absolute atomic E-state index is 0.174. The van der Waals surface area contributed by atoms with E-state index in [2.05, 4.69) is 41.4 Å². The number of hydrogen-bond acceptors (Lipinski definition) is 9. The van der Waals surface area contributed by atoms with Gasteiger partial charge in [0.25, 0.3) is 5.91 Å². The Labute approximate surface area is 162 Å². The lowest BCUT2D eigenvalue weighted by Gasteiger charge is -2.07. The first kappa shape index (κ1) is 17.5. The van der Waals surface area contributed by atoms with Crippen molar-refractivity contribution in [2.24, 2.45) is 0 Å². The molecule has 4 aromatic heterocycles. The molecule has 0 atom stereocenters. The van der Waals surface area contributed by atoms with Crippen LogP contribution in [-0.2, 0) is 13.1 Å². The highest BCUT2D eigenvalue weighted by molar-refractivity contribution is 7.09. The van der Waals surface area contributed by atoms with Crippen molar-refractivity contribution in [3.05, 3.63) is 45.5 Å². The molecule has 11 heteroatoms. The van der Waals surface area contributed by atoms with Crippen LogP contribution in [0.4, 0.5) is 5.82 Å². The fourth-order valence-corrected chi connectivity index (χ4v) is 3.79. The Hall–Kier alpha value is -2.92. The molecule has 4 heterocycles. The summed E-state index contributed by atoms with van der Waals surface area (Å²) in [6, 6.07) is 4.09. The summed E-state index contributed by atoms with van der Waals surface area (Å²) in [5, 5.41) is 17.3. The zero-order valence-corrected chi connectivity index (χ0v) is 16.0. The van der Waals surface area contributed by atoms with Crippen LogP contribution in [0, 0.1) is 6.92 Å². The highest BCUT2D eigenvalue weighted by Crippen LogP contribution is 2.20. The van der Waals surface area contributed by atoms with Crippen molar-refractivity contribution in [3.8, 4) is 0 Å². The number of rotatable bonds is 7. The van der Waals surface area contributed by atoms with Crippen molar-refractivity contribution in [1.82, 2.24) is 34.7 Å². The van der Waals surface area contributed by atoms with E-state index in [1.807, 2.05) is 11.4 Å². The molecule has 4 aromatic rings. The molecule has 0 aromatic carbocycles. The number of carbonyl (C=O) groups excluding carboxylic acids is 1. The number of hydrogen-bond donors (Lipinski definition) is 2. The smallest absolute Gasteiger partial charge is 0.265 e. The predicted octanol–water partition coefficient (Wildman–Crippen LogP) is 2.09. The number of thiophene rings is 1. The van der Waals surface area contributed by atoms with Crippen molar-refractivity contribution < 1.29 is 4.79 Å². The fourth-order valence-electron chi connectivity index (χ4n) is 2.58. The molecular formula is C16H16N8OS2. The highest BCUT2D eigenvalue weighted by Gasteiger charge is 2.13. The Bertz CT molecular complexity index is 1060. The first-order valence-electron chi connectivity index (χ1n) is 8.22. The van der Waals surface area contributed by atoms with E-state index in [9.17, 15) is 4.79 Å². The summed E-state index contributed by atoms with van der Waals surface area (Å²) in [6.07, 6.45) is 3.26. The van der Waals surface area contributed by atoms with Gasteiger partial charge in [-0.05, 0) is 29.9 Å². The summed E-state index contributed by atoms with van der Waals surface area (Å²) in [4.78, 5) is 22.5. The summed E-state index contributed by atoms with van der Waals surface area (Å²) >= 11 is 2.78. The lowest BCUT2D eigenvalue weighted by atomic mass is 10.3. The van der Waals surface area contributed by atoms with Gasteiger partial charge in [-0.1, -0.05) is 10.6 Å². The van der Waals surface area contributed by atoms with Gasteiger partial charge >= 0.3 is 0 Å². The topological polar surface area (TPSA) is 111 Å². The van der Waals surface area contributed by atoms with Gasteiger partial charge in [-0.2, -0.15) is 5.10 Å². The lowest BCUT2D eigenvalue weighted by molar-refractivity contribution is 0.0955. The summed E-state index contributed by atoms with van der Waals surface area (Å²) in [6.45, 7) is 3.39. The maximum atomic E-state index is 12.1. The van der Waals surface area contributed by atoms with Gasteiger partial charge in [0, 0.05) is 11.4 Å². The molecule has 1 amide bonds. The third kappa shape index (κ3) is 3.78. The predicted molar refractivity (Wildman–Crippen MR) is 104 cm³/mol. The van der Waals surface area contributed by atoms with Crippen LogP contribution in [0.2, 0.25) is 0 Å². The molecule has 0 saturated carbocycles. The maximum absolute atomic E-state index is 12.1. The number of anilines is 1. The largest absolute Gasteiger partial charge is 0.364 e. The van der Waals surface area contributed by atoms with Gasteiger partial charge in [0.15, 0.2) is 5.65 Å². The van der Waals surface area contributed by atoms with Gasteiger partial charge in [-0.25, -0.2) is 14.6 Å². The summed E-state index contributed by atoms with van der Waals surface area (Å²) < 4.78 is 5.53. The van der Waals surface area contributed by atoms with E-state index in [4.69, 9.17) is 0 Å². The van der Waals surface area contributed by atoms with Crippen molar-refractivity contribution >= 4 is 45.6 Å². The molecule has 27 heavy (non-hydrogen) atoms. The molecule has 138 valence electrons. The summed E-state index contributed by atoms with van der Waals surface area (Å²) in [5.41, 5.74) is 1.36. The number of carbonyl (C=O) groups is 1. The maximum Gasteiger partial charge on any atom is 0.265 e. The Morgan fingerprint density at radius 1 is 1.33 bits per heavy atom. The van der Waals surface area contributed by atoms with Gasteiger partial charge in [0.05, 0.1) is 30.4 Å². The quantitative estimate of drug-likeness (QED) is 0.489. The van der Waals surface area contributed by atoms with E-state index in [0.29, 0.717) is 30.2 Å². The zero-order valence-electron chi connectivity index (χ0n) is 14.4. The number of nitrogens with zero attached hydrogens (tertiary/aromatic N) is 6. The average Bonchev–Trinajstić information content (AvgIpc) is 3.41. The van der Waals surface area contributed by atoms with Crippen LogP contribution in [0.15, 0.2) is 30.0 Å². The molecule has 0 unspecified atom stereocenters. The molecule has 0 fully saturated rings. The summed E-state index contributed by atoms with van der Waals surface area (Å²) in [5.74, 6) is 0.571. The Kier molecular flexibility index (Phi) is 5.03. The van der Waals surface area contributed by atoms with E-state index in [1.165, 1.54) is 11.2 Å². The lowest BCUT2D eigenvalue weighted by Crippen LogP contribution is -2.27. The van der Waals surface area contributed by atoms with E-state index in [0.717, 1.165) is 28.4 Å². The SMILES string of the molecule is Cc1nnsc1C(=O)NCCn1ncc2c(NCc3cccs3)ncnc21. The van der Waals surface area contributed by atoms with E-state index < -0.39 is 0 Å². The molecule has 0 saturated heterocycles. The van der Waals surface area contributed by atoms with Gasteiger partial charge < -0.3 is 10.6 Å². The molecule has 0 radical (unpaired) electrons. The zero-order chi connectivity index (χ0) is 18.6. The molecule has 2 N–H and O–H groups in total. The van der Waals surface area contributed by atoms with Gasteiger partial charge in [-0.3, -0.25) is 4.79 Å². The van der Waals surface area contributed by atoms with Gasteiger partial charge in [-0.15, -0.1) is 16.4 Å². The van der Waals surface area contributed by atoms with E-state index in [1.54, 1.807) is 29.1 Å². The van der Waals surface area contributed by atoms with Crippen LogP contribution in [0.25, 0.3) is 11.0 Å². The first-order chi connectivity index (χ1) is 13.2. The highest BCUT2D eigenvalue weighted by atomic mass is 32.1. The summed E-state index contributed by atoms with van der Waals surface area (Å²) in [7, 11) is 0. The third-order valence-corrected chi connectivity index (χ3v) is 5.61. The number of fused-ring (bicyclic) bond motifs is 1. The molecule has 0 aliphatic carbocycles. The van der Waals surface area contributed by atoms with Crippen molar-refractivity contribution in [1.29, 1.82) is 0 Å². The Morgan fingerprint density at radius 2 is 2.26 bits per heavy atom. The molecule has 0 aliphatic heterocycles. The minimum atomic E-state index is -0.174. The molecule has 4 rings (SSSR count). The van der Waals surface area contributed by atoms with Crippen LogP contribution in [-0.4, -0.2) is 41.8 Å². The standard InChI is InChI=1S/C16H16N8OS2/c1-10-13(27-23-22-10)16(25)17-4-5-24-15-12(8-21-24)14(19-9-20-15)18-7-11-3-2-6-26-11/h2-3,6,8-9H,4-5,7H2,1H3,(H,17,25)(H,18,19,20). The number of aromatic nitrogens is 6. The van der Waals surface area contributed by atoms with Crippen LogP contribution >= 0.6 is 22.9 Å². The van der Waals surface area contributed by atoms with Crippen LogP contribution in [0.1, 0.15) is 20.2 Å². The second-order valence-electron chi connectivity index (χ2n) is 5.70. The normalized spacial score (nSPS) is 11.0. The van der Waals surface area contributed by atoms with Crippen molar-refractivity contribution in [3.63, 3.8) is 0 Å². The second-order valence-corrected chi connectivity index (χ2v) is 7.49. The second kappa shape index (κ2) is 7.76. The molecular weight excluding hydrogens is 384 g/mol. The fraction of sp³-hybridized carbons (Fsp3) is 0.250. The Morgan fingerprint density at radius 3 is 3.04 bits per heavy atom. The molecule has 0 spiro atoms. The molecule has 0 aliphatic rings. The number of aryl methyl sites for hydroxylation is 1. The molecule has 0 bridgehead atoms. The van der Waals surface area contributed by atoms with E-state index >= 15 is 0 Å². The van der Waals surface area contributed by atoms with Gasteiger partial charge in [0.2, 0.25) is 0 Å². The third-order valence-electron chi connectivity index (χ3n) is 3.91. The first-order valence-corrected chi connectivity index (χ1v) is 9.87. The Balaban J connectivity index is 1.41.